The van der Waals surface area contributed by atoms with Gasteiger partial charge in [-0.15, -0.1) is 0 Å². The lowest BCUT2D eigenvalue weighted by atomic mass is 9.73. The Bertz CT molecular complexity index is 1140. The van der Waals surface area contributed by atoms with Crippen LogP contribution in [-0.4, -0.2) is 90.5 Å². The molecule has 35 heavy (non-hydrogen) atoms. The van der Waals surface area contributed by atoms with Crippen molar-refractivity contribution >= 4 is 16.5 Å². The zero-order chi connectivity index (χ0) is 23.7. The Morgan fingerprint density at radius 1 is 1.14 bits per heavy atom. The van der Waals surface area contributed by atoms with E-state index in [4.69, 9.17) is 4.74 Å². The molecule has 3 saturated heterocycles. The number of hydrogen-bond acceptors (Lipinski definition) is 5. The number of nitrogens with one attached hydrogen (secondary N) is 2. The average molecular weight is 476 g/mol. The van der Waals surface area contributed by atoms with Crippen LogP contribution in [0.25, 0.3) is 16.5 Å². The van der Waals surface area contributed by atoms with Gasteiger partial charge in [0.25, 0.3) is 0 Å². The molecule has 0 amide bonds. The average Bonchev–Trinajstić information content (AvgIpc) is 3.58. The molecule has 0 radical (unpaired) electrons. The Balaban J connectivity index is 1.16. The Hall–Kier alpha value is -1.70. The van der Waals surface area contributed by atoms with Gasteiger partial charge >= 0.3 is 0 Å². The Labute approximate surface area is 209 Å². The number of aromatic amines is 1. The third-order valence-corrected chi connectivity index (χ3v) is 9.41. The Kier molecular flexibility index (Phi) is 5.59. The molecule has 3 fully saturated rings. The number of ether oxygens (including phenoxy) is 1. The Morgan fingerprint density at radius 2 is 2.03 bits per heavy atom. The molecular weight excluding hydrogens is 434 g/mol. The van der Waals surface area contributed by atoms with E-state index in [0.717, 1.165) is 32.6 Å². The van der Waals surface area contributed by atoms with Crippen molar-refractivity contribution in [1.29, 1.82) is 0 Å². The predicted octanol–water partition coefficient (Wildman–Crippen LogP) is 3.51. The molecule has 5 aliphatic rings. The van der Waals surface area contributed by atoms with Crippen molar-refractivity contribution in [1.82, 2.24) is 25.0 Å². The first kappa shape index (κ1) is 22.5. The van der Waals surface area contributed by atoms with E-state index in [1.165, 1.54) is 54.4 Å². The monoisotopic (exact) mass is 475 g/mol. The lowest BCUT2D eigenvalue weighted by Crippen LogP contribution is -2.54. The van der Waals surface area contributed by atoms with Gasteiger partial charge in [-0.25, -0.2) is 0 Å². The second-order valence-corrected chi connectivity index (χ2v) is 12.1. The summed E-state index contributed by atoms with van der Waals surface area (Å²) in [4.78, 5) is 11.4. The predicted molar refractivity (Wildman–Crippen MR) is 141 cm³/mol. The third-order valence-electron chi connectivity index (χ3n) is 9.41. The molecule has 1 aliphatic carbocycles. The van der Waals surface area contributed by atoms with Gasteiger partial charge in [0.15, 0.2) is 0 Å². The van der Waals surface area contributed by atoms with Crippen molar-refractivity contribution < 1.29 is 4.74 Å². The van der Waals surface area contributed by atoms with E-state index in [9.17, 15) is 0 Å². The van der Waals surface area contributed by atoms with E-state index in [1.54, 1.807) is 11.1 Å². The number of rotatable bonds is 5. The fraction of sp³-hybridized carbons (Fsp3) is 0.655. The maximum atomic E-state index is 6.64. The molecule has 2 aromatic rings. The number of nitrogens with zero attached hydrogens (tertiary/aromatic N) is 3. The minimum atomic E-state index is 0.153. The van der Waals surface area contributed by atoms with Crippen LogP contribution in [0.2, 0.25) is 0 Å². The zero-order valence-electron chi connectivity index (χ0n) is 21.6. The summed E-state index contributed by atoms with van der Waals surface area (Å²) in [6.45, 7) is 11.5. The molecule has 4 aliphatic heterocycles. The van der Waals surface area contributed by atoms with Crippen LogP contribution in [0.1, 0.15) is 44.2 Å². The largest absolute Gasteiger partial charge is 0.361 e. The zero-order valence-corrected chi connectivity index (χ0v) is 21.6. The van der Waals surface area contributed by atoms with Gasteiger partial charge in [-0.2, -0.15) is 0 Å². The number of hydrogen-bond donors (Lipinski definition) is 2. The second kappa shape index (κ2) is 8.70. The molecule has 6 heteroatoms. The molecule has 5 heterocycles. The summed E-state index contributed by atoms with van der Waals surface area (Å²) < 4.78 is 6.64. The van der Waals surface area contributed by atoms with Gasteiger partial charge < -0.3 is 9.72 Å². The number of benzene rings is 1. The standard InChI is InChI=1S/C29H41N5O/c1-18(2)12-22-20(15-31-26-17-34-11-10-33-9-5-8-24(33)29(34)35-26)16-32(3)25-13-19-14-30-23-7-4-6-21(27(19)23)28(22)25/h4,6-7,14,18,20,24-26,29-31H,5,8-13,15-17H2,1-3H3/t20-,24-,25+,26+,29-/m0/s1. The van der Waals surface area contributed by atoms with Gasteiger partial charge in [-0.05, 0) is 68.0 Å². The van der Waals surface area contributed by atoms with Crippen molar-refractivity contribution in [3.8, 4) is 0 Å². The van der Waals surface area contributed by atoms with Crippen LogP contribution in [0, 0.1) is 11.8 Å². The van der Waals surface area contributed by atoms with Gasteiger partial charge in [0.1, 0.15) is 12.5 Å². The van der Waals surface area contributed by atoms with E-state index in [0.29, 0.717) is 30.1 Å². The van der Waals surface area contributed by atoms with E-state index in [1.807, 2.05) is 0 Å². The number of H-pyrrole nitrogens is 1. The summed E-state index contributed by atoms with van der Waals surface area (Å²) in [6.07, 6.45) is 7.60. The van der Waals surface area contributed by atoms with E-state index >= 15 is 0 Å². The van der Waals surface area contributed by atoms with E-state index in [-0.39, 0.29) is 6.23 Å². The minimum Gasteiger partial charge on any atom is -0.361 e. The van der Waals surface area contributed by atoms with Crippen LogP contribution < -0.4 is 5.32 Å². The van der Waals surface area contributed by atoms with Crippen LogP contribution in [0.15, 0.2) is 30.0 Å². The van der Waals surface area contributed by atoms with Crippen molar-refractivity contribution in [2.24, 2.45) is 11.8 Å². The fourth-order valence-corrected chi connectivity index (χ4v) is 7.87. The summed E-state index contributed by atoms with van der Waals surface area (Å²) >= 11 is 0. The highest BCUT2D eigenvalue weighted by molar-refractivity contribution is 5.99. The van der Waals surface area contributed by atoms with Gasteiger partial charge in [0.05, 0.1) is 0 Å². The number of likely N-dealkylation sites (N-methyl/N-ethyl adjacent to an activating group) is 1. The molecule has 1 aromatic carbocycles. The van der Waals surface area contributed by atoms with Crippen LogP contribution >= 0.6 is 0 Å². The van der Waals surface area contributed by atoms with Crippen molar-refractivity contribution in [2.45, 2.75) is 64.1 Å². The number of piperazine rings is 1. The lowest BCUT2D eigenvalue weighted by molar-refractivity contribution is -0.0796. The van der Waals surface area contributed by atoms with Crippen LogP contribution in [0.3, 0.4) is 0 Å². The molecule has 5 atom stereocenters. The summed E-state index contributed by atoms with van der Waals surface area (Å²) in [7, 11) is 2.34. The van der Waals surface area contributed by atoms with Crippen molar-refractivity contribution in [3.05, 3.63) is 41.1 Å². The quantitative estimate of drug-likeness (QED) is 0.693. The van der Waals surface area contributed by atoms with Gasteiger partial charge in [-0.1, -0.05) is 31.6 Å². The maximum Gasteiger partial charge on any atom is 0.128 e. The van der Waals surface area contributed by atoms with Crippen LogP contribution in [-0.2, 0) is 11.2 Å². The van der Waals surface area contributed by atoms with Crippen molar-refractivity contribution in [3.63, 3.8) is 0 Å². The molecule has 188 valence electrons. The third kappa shape index (κ3) is 3.72. The highest BCUT2D eigenvalue weighted by Crippen LogP contribution is 2.45. The maximum absolute atomic E-state index is 6.64. The first-order valence-electron chi connectivity index (χ1n) is 14.0. The molecule has 2 N–H and O–H groups in total. The first-order chi connectivity index (χ1) is 17.1. The molecule has 0 bridgehead atoms. The summed E-state index contributed by atoms with van der Waals surface area (Å²) in [5.41, 5.74) is 7.54. The van der Waals surface area contributed by atoms with Crippen LogP contribution in [0.4, 0.5) is 0 Å². The summed E-state index contributed by atoms with van der Waals surface area (Å²) in [5, 5.41) is 5.35. The normalized spacial score (nSPS) is 33.5. The molecular formula is C29H41N5O. The molecule has 6 nitrogen and oxygen atoms in total. The minimum absolute atomic E-state index is 0.153. The first-order valence-corrected chi connectivity index (χ1v) is 14.0. The van der Waals surface area contributed by atoms with Gasteiger partial charge in [0.2, 0.25) is 0 Å². The molecule has 0 spiro atoms. The summed E-state index contributed by atoms with van der Waals surface area (Å²) in [6, 6.07) is 7.93. The topological polar surface area (TPSA) is 46.8 Å². The summed E-state index contributed by atoms with van der Waals surface area (Å²) in [5.74, 6) is 1.18. The molecule has 0 saturated carbocycles. The van der Waals surface area contributed by atoms with Gasteiger partial charge in [0, 0.05) is 67.8 Å². The van der Waals surface area contributed by atoms with E-state index in [2.05, 4.69) is 70.3 Å². The molecule has 0 unspecified atom stereocenters. The number of aromatic nitrogens is 1. The second-order valence-electron chi connectivity index (χ2n) is 12.1. The van der Waals surface area contributed by atoms with E-state index < -0.39 is 0 Å². The smallest absolute Gasteiger partial charge is 0.128 e. The van der Waals surface area contributed by atoms with Crippen LogP contribution in [0.5, 0.6) is 0 Å². The van der Waals surface area contributed by atoms with Crippen molar-refractivity contribution in [2.75, 3.05) is 46.3 Å². The lowest BCUT2D eigenvalue weighted by Gasteiger charge is -2.44. The number of fused-ring (bicyclic) bond motifs is 5. The highest BCUT2D eigenvalue weighted by atomic mass is 16.5. The molecule has 1 aromatic heterocycles. The SMILES string of the molecule is CC(C)CC1=C2c3cccc4[nH]cc(c34)C[C@H]2N(C)C[C@@H]1CN[C@H]1CN2CCN3CCC[C@H]3[C@@H]2O1. The fourth-order valence-electron chi connectivity index (χ4n) is 7.87. The highest BCUT2D eigenvalue weighted by Gasteiger charge is 2.45. The Morgan fingerprint density at radius 3 is 2.91 bits per heavy atom. The molecule has 7 rings (SSSR count). The van der Waals surface area contributed by atoms with Gasteiger partial charge in [-0.3, -0.25) is 20.0 Å².